The maximum Gasteiger partial charge on any atom is 0.253 e. The standard InChI is InChI=1S/C21H22FN7O2/c1-21(31,12-26-15-4-5-15)18(22)17(28-20(30)14-3-2-6-24-9-14)16-10-27-29-11-13(7-23)8-25-19(16)29/h2-3,6,8-11,15,17-18,26,31H,4-5,12H2,1H3,(H,28,30)/t17-,18-,21-/m1/s1. The van der Waals surface area contributed by atoms with E-state index in [-0.39, 0.29) is 29.4 Å². The number of pyridine rings is 1. The molecule has 1 aliphatic carbocycles. The van der Waals surface area contributed by atoms with Crippen molar-refractivity contribution in [3.05, 3.63) is 59.8 Å². The van der Waals surface area contributed by atoms with E-state index in [1.165, 1.54) is 42.4 Å². The highest BCUT2D eigenvalue weighted by molar-refractivity contribution is 5.94. The van der Waals surface area contributed by atoms with Gasteiger partial charge in [-0.2, -0.15) is 10.4 Å². The van der Waals surface area contributed by atoms with E-state index in [1.54, 1.807) is 12.1 Å². The van der Waals surface area contributed by atoms with Gasteiger partial charge < -0.3 is 15.7 Å². The monoisotopic (exact) mass is 423 g/mol. The molecule has 1 aliphatic rings. The van der Waals surface area contributed by atoms with Crippen LogP contribution in [0.4, 0.5) is 4.39 Å². The number of nitrogens with one attached hydrogen (secondary N) is 2. The first-order chi connectivity index (χ1) is 14.9. The Bertz CT molecular complexity index is 1120. The largest absolute Gasteiger partial charge is 0.386 e. The van der Waals surface area contributed by atoms with Gasteiger partial charge in [0.05, 0.1) is 29.6 Å². The van der Waals surface area contributed by atoms with Crippen molar-refractivity contribution in [1.82, 2.24) is 30.2 Å². The zero-order valence-corrected chi connectivity index (χ0v) is 16.9. The van der Waals surface area contributed by atoms with Crippen LogP contribution >= 0.6 is 0 Å². The maximum absolute atomic E-state index is 15.8. The highest BCUT2D eigenvalue weighted by Gasteiger charge is 2.42. The summed E-state index contributed by atoms with van der Waals surface area (Å²) in [5.41, 5.74) is -0.650. The van der Waals surface area contributed by atoms with Crippen LogP contribution in [0.1, 0.15) is 47.3 Å². The average molecular weight is 423 g/mol. The fourth-order valence-corrected chi connectivity index (χ4v) is 3.30. The third kappa shape index (κ3) is 4.52. The first-order valence-electron chi connectivity index (χ1n) is 9.93. The number of halogens is 1. The molecule has 0 aromatic carbocycles. The molecule has 0 aliphatic heterocycles. The van der Waals surface area contributed by atoms with Crippen molar-refractivity contribution in [2.75, 3.05) is 6.54 Å². The van der Waals surface area contributed by atoms with Crippen LogP contribution in [0, 0.1) is 11.3 Å². The number of rotatable bonds is 8. The van der Waals surface area contributed by atoms with Crippen LogP contribution in [0.5, 0.6) is 0 Å². The Morgan fingerprint density at radius 3 is 2.94 bits per heavy atom. The minimum absolute atomic E-state index is 0.0311. The minimum Gasteiger partial charge on any atom is -0.386 e. The highest BCUT2D eigenvalue weighted by Crippen LogP contribution is 2.31. The minimum atomic E-state index is -1.87. The Morgan fingerprint density at radius 1 is 1.45 bits per heavy atom. The predicted molar refractivity (Wildman–Crippen MR) is 109 cm³/mol. The third-order valence-corrected chi connectivity index (χ3v) is 5.27. The van der Waals surface area contributed by atoms with Crippen molar-refractivity contribution < 1.29 is 14.3 Å². The summed E-state index contributed by atoms with van der Waals surface area (Å²) < 4.78 is 17.1. The van der Waals surface area contributed by atoms with Gasteiger partial charge in [-0.1, -0.05) is 0 Å². The van der Waals surface area contributed by atoms with Crippen LogP contribution < -0.4 is 10.6 Å². The molecule has 3 N–H and O–H groups in total. The zero-order valence-electron chi connectivity index (χ0n) is 16.9. The van der Waals surface area contributed by atoms with Crippen molar-refractivity contribution in [1.29, 1.82) is 5.26 Å². The number of nitriles is 1. The smallest absolute Gasteiger partial charge is 0.253 e. The Balaban J connectivity index is 1.68. The van der Waals surface area contributed by atoms with Crippen molar-refractivity contribution in [2.45, 2.75) is 43.6 Å². The number of hydrogen-bond acceptors (Lipinski definition) is 7. The van der Waals surface area contributed by atoms with Gasteiger partial charge in [-0.05, 0) is 31.9 Å². The van der Waals surface area contributed by atoms with E-state index >= 15 is 4.39 Å². The molecular formula is C21H22FN7O2. The quantitative estimate of drug-likeness (QED) is 0.498. The molecule has 1 amide bonds. The van der Waals surface area contributed by atoms with E-state index in [0.29, 0.717) is 5.56 Å². The Morgan fingerprint density at radius 2 is 2.26 bits per heavy atom. The molecule has 1 saturated carbocycles. The molecule has 3 atom stereocenters. The van der Waals surface area contributed by atoms with Gasteiger partial charge >= 0.3 is 0 Å². The summed E-state index contributed by atoms with van der Waals surface area (Å²) >= 11 is 0. The molecule has 31 heavy (non-hydrogen) atoms. The average Bonchev–Trinajstić information content (AvgIpc) is 3.53. The number of carbonyl (C=O) groups excluding carboxylic acids is 1. The van der Waals surface area contributed by atoms with Crippen molar-refractivity contribution in [3.63, 3.8) is 0 Å². The molecule has 0 saturated heterocycles. The molecule has 10 heteroatoms. The molecule has 4 rings (SSSR count). The van der Waals surface area contributed by atoms with Crippen molar-refractivity contribution >= 4 is 11.6 Å². The normalized spacial score (nSPS) is 17.5. The SMILES string of the molecule is C[C@@](O)(CNC1CC1)[C@H](F)[C@H](NC(=O)c1cccnc1)c1cnn2cc(C#N)cnc12. The van der Waals surface area contributed by atoms with Crippen LogP contribution in [0.25, 0.3) is 5.65 Å². The number of fused-ring (bicyclic) bond motifs is 1. The second kappa shape index (κ2) is 8.37. The fourth-order valence-electron chi connectivity index (χ4n) is 3.30. The van der Waals surface area contributed by atoms with E-state index in [1.807, 2.05) is 6.07 Å². The van der Waals surface area contributed by atoms with Gasteiger partial charge in [0.2, 0.25) is 0 Å². The highest BCUT2D eigenvalue weighted by atomic mass is 19.1. The second-order valence-corrected chi connectivity index (χ2v) is 7.93. The van der Waals surface area contributed by atoms with Gasteiger partial charge in [-0.3, -0.25) is 9.78 Å². The van der Waals surface area contributed by atoms with Crippen LogP contribution in [0.2, 0.25) is 0 Å². The van der Waals surface area contributed by atoms with Crippen LogP contribution in [0.3, 0.4) is 0 Å². The van der Waals surface area contributed by atoms with E-state index in [4.69, 9.17) is 5.26 Å². The van der Waals surface area contributed by atoms with Gasteiger partial charge in [0.15, 0.2) is 11.8 Å². The Hall–Kier alpha value is -3.42. The van der Waals surface area contributed by atoms with E-state index < -0.39 is 23.7 Å². The molecule has 0 bridgehead atoms. The summed E-state index contributed by atoms with van der Waals surface area (Å²) in [6.45, 7) is 1.42. The second-order valence-electron chi connectivity index (χ2n) is 7.93. The lowest BCUT2D eigenvalue weighted by Crippen LogP contribution is -2.52. The van der Waals surface area contributed by atoms with Crippen molar-refractivity contribution in [3.8, 4) is 6.07 Å². The van der Waals surface area contributed by atoms with Gasteiger partial charge in [0, 0.05) is 36.7 Å². The number of nitrogens with zero attached hydrogens (tertiary/aromatic N) is 5. The number of hydrogen-bond donors (Lipinski definition) is 3. The lowest BCUT2D eigenvalue weighted by Gasteiger charge is -2.33. The number of aliphatic hydroxyl groups is 1. The van der Waals surface area contributed by atoms with Gasteiger partial charge in [0.1, 0.15) is 11.7 Å². The first-order valence-corrected chi connectivity index (χ1v) is 9.93. The molecule has 3 heterocycles. The first kappa shape index (κ1) is 20.8. The molecule has 3 aromatic heterocycles. The van der Waals surface area contributed by atoms with Crippen molar-refractivity contribution in [2.24, 2.45) is 0 Å². The van der Waals surface area contributed by atoms with Crippen LogP contribution in [-0.2, 0) is 0 Å². The fraction of sp³-hybridized carbons (Fsp3) is 0.381. The summed E-state index contributed by atoms with van der Waals surface area (Å²) in [5.74, 6) is -0.542. The Labute approximate surface area is 177 Å². The lowest BCUT2D eigenvalue weighted by molar-refractivity contribution is -0.0337. The number of aromatic nitrogens is 4. The molecule has 160 valence electrons. The Kier molecular flexibility index (Phi) is 5.63. The summed E-state index contributed by atoms with van der Waals surface area (Å²) in [4.78, 5) is 20.9. The van der Waals surface area contributed by atoms with Gasteiger partial charge in [-0.15, -0.1) is 0 Å². The number of amides is 1. The number of alkyl halides is 1. The molecule has 0 radical (unpaired) electrons. The number of carbonyl (C=O) groups is 1. The summed E-state index contributed by atoms with van der Waals surface area (Å²) in [7, 11) is 0. The topological polar surface area (TPSA) is 128 Å². The third-order valence-electron chi connectivity index (χ3n) is 5.27. The predicted octanol–water partition coefficient (Wildman–Crippen LogP) is 1.31. The van der Waals surface area contributed by atoms with Crippen LogP contribution in [0.15, 0.2) is 43.1 Å². The van der Waals surface area contributed by atoms with Crippen LogP contribution in [-0.4, -0.2) is 55.0 Å². The zero-order chi connectivity index (χ0) is 22.0. The van der Waals surface area contributed by atoms with Gasteiger partial charge in [-0.25, -0.2) is 13.9 Å². The molecule has 0 unspecified atom stereocenters. The van der Waals surface area contributed by atoms with E-state index in [2.05, 4.69) is 25.7 Å². The van der Waals surface area contributed by atoms with Gasteiger partial charge in [0.25, 0.3) is 5.91 Å². The summed E-state index contributed by atoms with van der Waals surface area (Å²) in [6, 6.07) is 4.18. The van der Waals surface area contributed by atoms with E-state index in [0.717, 1.165) is 12.8 Å². The van der Waals surface area contributed by atoms with E-state index in [9.17, 15) is 9.90 Å². The molecule has 3 aromatic rings. The molecule has 0 spiro atoms. The molecular weight excluding hydrogens is 401 g/mol. The summed E-state index contributed by atoms with van der Waals surface area (Å²) in [6.07, 6.45) is 7.22. The molecule has 9 nitrogen and oxygen atoms in total. The molecule has 1 fully saturated rings. The lowest BCUT2D eigenvalue weighted by atomic mass is 9.90. The maximum atomic E-state index is 15.8. The summed E-state index contributed by atoms with van der Waals surface area (Å²) in [5, 5.41) is 29.9.